The van der Waals surface area contributed by atoms with Crippen LogP contribution in [0.15, 0.2) is 89.9 Å². The number of para-hydroxylation sites is 2. The summed E-state index contributed by atoms with van der Waals surface area (Å²) >= 11 is 0. The SMILES string of the molecule is C/C=C/N1CCCN(c2cc3c(=O)cc(Nc4ccccc4)n(-c4ccccc4)c3nc2C)CC1. The average Bonchev–Trinajstić information content (AvgIpc) is 3.11. The maximum absolute atomic E-state index is 13.4. The van der Waals surface area contributed by atoms with Crippen molar-refractivity contribution in [2.24, 2.45) is 0 Å². The predicted molar refractivity (Wildman–Crippen MR) is 145 cm³/mol. The highest BCUT2D eigenvalue weighted by Crippen LogP contribution is 2.28. The lowest BCUT2D eigenvalue weighted by molar-refractivity contribution is 0.403. The monoisotopic (exact) mass is 465 g/mol. The van der Waals surface area contributed by atoms with E-state index < -0.39 is 0 Å². The molecule has 4 aromatic rings. The summed E-state index contributed by atoms with van der Waals surface area (Å²) in [6.07, 6.45) is 5.32. The van der Waals surface area contributed by atoms with Crippen LogP contribution >= 0.6 is 0 Å². The highest BCUT2D eigenvalue weighted by Gasteiger charge is 2.19. The molecule has 178 valence electrons. The summed E-state index contributed by atoms with van der Waals surface area (Å²) in [5, 5.41) is 4.05. The molecular formula is C29H31N5O. The molecule has 0 bridgehead atoms. The van der Waals surface area contributed by atoms with E-state index in [0.29, 0.717) is 16.9 Å². The van der Waals surface area contributed by atoms with Gasteiger partial charge < -0.3 is 15.1 Å². The lowest BCUT2D eigenvalue weighted by Crippen LogP contribution is -2.29. The number of aryl methyl sites for hydroxylation is 1. The first-order valence-electron chi connectivity index (χ1n) is 12.2. The summed E-state index contributed by atoms with van der Waals surface area (Å²) in [6, 6.07) is 23.7. The Labute approximate surface area is 206 Å². The molecule has 1 aliphatic rings. The van der Waals surface area contributed by atoms with Crippen LogP contribution in [0, 0.1) is 6.92 Å². The quantitative estimate of drug-likeness (QED) is 0.423. The third kappa shape index (κ3) is 4.78. The lowest BCUT2D eigenvalue weighted by atomic mass is 10.1. The smallest absolute Gasteiger partial charge is 0.193 e. The van der Waals surface area contributed by atoms with Crippen LogP contribution in [-0.2, 0) is 0 Å². The highest BCUT2D eigenvalue weighted by molar-refractivity contribution is 5.84. The fourth-order valence-electron chi connectivity index (χ4n) is 4.77. The second kappa shape index (κ2) is 10.1. The van der Waals surface area contributed by atoms with Gasteiger partial charge in [-0.2, -0.15) is 0 Å². The number of nitrogens with one attached hydrogen (secondary N) is 1. The average molecular weight is 466 g/mol. The van der Waals surface area contributed by atoms with Gasteiger partial charge in [0.1, 0.15) is 11.5 Å². The van der Waals surface area contributed by atoms with Crippen molar-refractivity contribution < 1.29 is 0 Å². The van der Waals surface area contributed by atoms with Crippen LogP contribution in [0.4, 0.5) is 17.2 Å². The number of allylic oxidation sites excluding steroid dienone is 1. The molecule has 1 N–H and O–H groups in total. The second-order valence-electron chi connectivity index (χ2n) is 8.88. The molecule has 0 spiro atoms. The Morgan fingerprint density at radius 3 is 2.40 bits per heavy atom. The molecule has 1 aliphatic heterocycles. The van der Waals surface area contributed by atoms with Crippen molar-refractivity contribution in [2.75, 3.05) is 36.4 Å². The van der Waals surface area contributed by atoms with E-state index in [9.17, 15) is 4.79 Å². The minimum absolute atomic E-state index is 0.0373. The van der Waals surface area contributed by atoms with Crippen LogP contribution in [0.25, 0.3) is 16.7 Å². The van der Waals surface area contributed by atoms with E-state index in [1.54, 1.807) is 6.07 Å². The van der Waals surface area contributed by atoms with Gasteiger partial charge in [-0.15, -0.1) is 0 Å². The Hall–Kier alpha value is -4.06. The van der Waals surface area contributed by atoms with Crippen LogP contribution < -0.4 is 15.6 Å². The maximum atomic E-state index is 13.4. The fourth-order valence-corrected chi connectivity index (χ4v) is 4.77. The number of nitrogens with zero attached hydrogens (tertiary/aromatic N) is 4. The molecule has 0 saturated carbocycles. The highest BCUT2D eigenvalue weighted by atomic mass is 16.1. The Morgan fingerprint density at radius 2 is 1.66 bits per heavy atom. The van der Waals surface area contributed by atoms with Crippen LogP contribution in [0.2, 0.25) is 0 Å². The first-order valence-corrected chi connectivity index (χ1v) is 12.2. The third-order valence-electron chi connectivity index (χ3n) is 6.44. The first kappa shape index (κ1) is 22.7. The summed E-state index contributed by atoms with van der Waals surface area (Å²) in [6.45, 7) is 7.94. The van der Waals surface area contributed by atoms with Gasteiger partial charge in [0.15, 0.2) is 5.43 Å². The van der Waals surface area contributed by atoms with Gasteiger partial charge in [-0.1, -0.05) is 42.5 Å². The Kier molecular flexibility index (Phi) is 6.53. The minimum Gasteiger partial charge on any atom is -0.376 e. The van der Waals surface area contributed by atoms with E-state index in [4.69, 9.17) is 4.98 Å². The van der Waals surface area contributed by atoms with E-state index >= 15 is 0 Å². The summed E-state index contributed by atoms with van der Waals surface area (Å²) in [4.78, 5) is 23.1. The van der Waals surface area contributed by atoms with E-state index in [1.165, 1.54) is 0 Å². The Balaban J connectivity index is 1.63. The van der Waals surface area contributed by atoms with Gasteiger partial charge in [-0.3, -0.25) is 9.36 Å². The largest absolute Gasteiger partial charge is 0.376 e. The van der Waals surface area contributed by atoms with Gasteiger partial charge in [0.05, 0.1) is 16.8 Å². The molecule has 2 aromatic carbocycles. The van der Waals surface area contributed by atoms with Gasteiger partial charge in [-0.05, 0) is 56.8 Å². The number of benzene rings is 2. The van der Waals surface area contributed by atoms with Crippen LogP contribution in [0.5, 0.6) is 0 Å². The molecule has 0 radical (unpaired) electrons. The Bertz CT molecular complexity index is 1400. The summed E-state index contributed by atoms with van der Waals surface area (Å²) < 4.78 is 2.04. The van der Waals surface area contributed by atoms with Crippen molar-refractivity contribution in [3.05, 3.63) is 101 Å². The van der Waals surface area contributed by atoms with Crippen molar-refractivity contribution in [3.63, 3.8) is 0 Å². The summed E-state index contributed by atoms with van der Waals surface area (Å²) in [5.74, 6) is 0.691. The number of anilines is 3. The minimum atomic E-state index is -0.0373. The molecule has 1 saturated heterocycles. The molecule has 0 atom stereocenters. The first-order chi connectivity index (χ1) is 17.1. The van der Waals surface area contributed by atoms with Crippen molar-refractivity contribution in [3.8, 4) is 5.69 Å². The van der Waals surface area contributed by atoms with Crippen molar-refractivity contribution in [2.45, 2.75) is 20.3 Å². The zero-order chi connectivity index (χ0) is 24.2. The number of rotatable bonds is 5. The van der Waals surface area contributed by atoms with Crippen LogP contribution in [-0.4, -0.2) is 40.6 Å². The molecule has 1 fully saturated rings. The number of hydrogen-bond acceptors (Lipinski definition) is 5. The van der Waals surface area contributed by atoms with Gasteiger partial charge in [0.2, 0.25) is 0 Å². The van der Waals surface area contributed by atoms with E-state index in [1.807, 2.05) is 78.2 Å². The standard InChI is InChI=1S/C29H31N5O/c1-3-15-32-16-10-17-33(19-18-32)26-20-25-27(35)21-28(31-23-11-6-4-7-12-23)34(29(25)30-22(26)2)24-13-8-5-9-14-24/h3-9,11-15,20-21,31H,10,16-19H2,1-2H3/b15-3+. The van der Waals surface area contributed by atoms with Crippen molar-refractivity contribution >= 4 is 28.2 Å². The molecule has 0 unspecified atom stereocenters. The number of aromatic nitrogens is 2. The number of fused-ring (bicyclic) bond motifs is 1. The van der Waals surface area contributed by atoms with E-state index in [2.05, 4.69) is 34.3 Å². The van der Waals surface area contributed by atoms with Gasteiger partial charge >= 0.3 is 0 Å². The van der Waals surface area contributed by atoms with E-state index in [-0.39, 0.29) is 5.43 Å². The molecule has 6 heteroatoms. The molecule has 5 rings (SSSR count). The molecular weight excluding hydrogens is 434 g/mol. The molecule has 35 heavy (non-hydrogen) atoms. The van der Waals surface area contributed by atoms with Gasteiger partial charge in [0.25, 0.3) is 0 Å². The predicted octanol–water partition coefficient (Wildman–Crippen LogP) is 5.48. The molecule has 0 amide bonds. The van der Waals surface area contributed by atoms with Crippen LogP contribution in [0.1, 0.15) is 19.0 Å². The zero-order valence-corrected chi connectivity index (χ0v) is 20.3. The van der Waals surface area contributed by atoms with Gasteiger partial charge in [0, 0.05) is 43.6 Å². The van der Waals surface area contributed by atoms with Crippen molar-refractivity contribution in [1.29, 1.82) is 0 Å². The molecule has 6 nitrogen and oxygen atoms in total. The molecule has 3 heterocycles. The van der Waals surface area contributed by atoms with Gasteiger partial charge in [-0.25, -0.2) is 4.98 Å². The third-order valence-corrected chi connectivity index (χ3v) is 6.44. The molecule has 0 aliphatic carbocycles. The lowest BCUT2D eigenvalue weighted by Gasteiger charge is -2.25. The summed E-state index contributed by atoms with van der Waals surface area (Å²) in [5.41, 5.74) is 4.46. The van der Waals surface area contributed by atoms with E-state index in [0.717, 1.165) is 55.4 Å². The number of hydrogen-bond donors (Lipinski definition) is 1. The van der Waals surface area contributed by atoms with Crippen LogP contribution in [0.3, 0.4) is 0 Å². The zero-order valence-electron chi connectivity index (χ0n) is 20.3. The maximum Gasteiger partial charge on any atom is 0.193 e. The van der Waals surface area contributed by atoms with Crippen molar-refractivity contribution in [1.82, 2.24) is 14.5 Å². The second-order valence-corrected chi connectivity index (χ2v) is 8.88. The molecule has 2 aromatic heterocycles. The topological polar surface area (TPSA) is 53.4 Å². The summed E-state index contributed by atoms with van der Waals surface area (Å²) in [7, 11) is 0. The fraction of sp³-hybridized carbons (Fsp3) is 0.241. The normalized spacial score (nSPS) is 14.5. The number of pyridine rings is 2. The Morgan fingerprint density at radius 1 is 0.914 bits per heavy atom.